The minimum Gasteiger partial charge on any atom is -0.492 e. The van der Waals surface area contributed by atoms with Gasteiger partial charge in [0.2, 0.25) is 0 Å². The first-order valence-electron chi connectivity index (χ1n) is 8.19. The fraction of sp³-hybridized carbons (Fsp3) is 0.389. The van der Waals surface area contributed by atoms with Crippen molar-refractivity contribution in [2.75, 3.05) is 32.8 Å². The Morgan fingerprint density at radius 3 is 2.62 bits per heavy atom. The van der Waals surface area contributed by atoms with Crippen LogP contribution in [0.25, 0.3) is 0 Å². The van der Waals surface area contributed by atoms with Gasteiger partial charge in [-0.25, -0.2) is 0 Å². The maximum atomic E-state index is 12.6. The van der Waals surface area contributed by atoms with E-state index in [9.17, 15) is 13.2 Å². The summed E-state index contributed by atoms with van der Waals surface area (Å²) < 4.78 is 43.3. The van der Waals surface area contributed by atoms with E-state index in [0.29, 0.717) is 18.9 Å². The predicted molar refractivity (Wildman–Crippen MR) is 95.6 cm³/mol. The number of rotatable bonds is 5. The number of aromatic nitrogens is 1. The third-order valence-electron chi connectivity index (χ3n) is 4.25. The summed E-state index contributed by atoms with van der Waals surface area (Å²) in [7, 11) is 0. The number of nitrogens with one attached hydrogen (secondary N) is 1. The van der Waals surface area contributed by atoms with E-state index < -0.39 is 11.7 Å². The summed E-state index contributed by atoms with van der Waals surface area (Å²) in [4.78, 5) is 6.48. The molecule has 1 N–H and O–H groups in total. The molecule has 1 aromatic carbocycles. The maximum Gasteiger partial charge on any atom is 0.416 e. The van der Waals surface area contributed by atoms with E-state index in [1.165, 1.54) is 12.1 Å². The lowest BCUT2D eigenvalue weighted by Gasteiger charge is -2.36. The van der Waals surface area contributed by atoms with Crippen LogP contribution < -0.4 is 10.1 Å². The highest BCUT2D eigenvalue weighted by Gasteiger charge is 2.30. The molecule has 1 aliphatic rings. The molecule has 0 bridgehead atoms. The Morgan fingerprint density at radius 1 is 1.19 bits per heavy atom. The zero-order valence-electron chi connectivity index (χ0n) is 14.1. The SMILES string of the molecule is Cl.FC(F)(F)c1ccc(OCCN2CCNCC2c2cccnc2)cc1. The van der Waals surface area contributed by atoms with Crippen molar-refractivity contribution in [3.05, 3.63) is 59.9 Å². The van der Waals surface area contributed by atoms with Crippen molar-refractivity contribution in [3.63, 3.8) is 0 Å². The molecule has 0 spiro atoms. The van der Waals surface area contributed by atoms with Crippen LogP contribution in [0.5, 0.6) is 5.75 Å². The summed E-state index contributed by atoms with van der Waals surface area (Å²) in [5.74, 6) is 0.445. The van der Waals surface area contributed by atoms with Crippen LogP contribution in [-0.4, -0.2) is 42.7 Å². The minimum absolute atomic E-state index is 0. The highest BCUT2D eigenvalue weighted by atomic mass is 35.5. The van der Waals surface area contributed by atoms with Crippen LogP contribution in [-0.2, 0) is 6.18 Å². The number of alkyl halides is 3. The van der Waals surface area contributed by atoms with E-state index in [1.807, 2.05) is 18.3 Å². The van der Waals surface area contributed by atoms with E-state index in [4.69, 9.17) is 4.74 Å². The van der Waals surface area contributed by atoms with E-state index >= 15 is 0 Å². The number of halogens is 4. The van der Waals surface area contributed by atoms with Crippen LogP contribution in [0.2, 0.25) is 0 Å². The van der Waals surface area contributed by atoms with Gasteiger partial charge in [0.25, 0.3) is 0 Å². The zero-order valence-corrected chi connectivity index (χ0v) is 14.9. The lowest BCUT2D eigenvalue weighted by atomic mass is 10.1. The van der Waals surface area contributed by atoms with Crippen molar-refractivity contribution >= 4 is 12.4 Å². The first-order chi connectivity index (χ1) is 12.0. The Bertz CT molecular complexity index is 668. The second-order valence-electron chi connectivity index (χ2n) is 5.91. The van der Waals surface area contributed by atoms with Crippen molar-refractivity contribution < 1.29 is 17.9 Å². The molecule has 1 aliphatic heterocycles. The van der Waals surface area contributed by atoms with Gasteiger partial charge in [0.1, 0.15) is 12.4 Å². The van der Waals surface area contributed by atoms with Gasteiger partial charge >= 0.3 is 6.18 Å². The van der Waals surface area contributed by atoms with Crippen LogP contribution >= 0.6 is 12.4 Å². The Kier molecular flexibility index (Phi) is 7.25. The van der Waals surface area contributed by atoms with Crippen LogP contribution in [0.3, 0.4) is 0 Å². The molecule has 0 amide bonds. The summed E-state index contributed by atoms with van der Waals surface area (Å²) in [6.07, 6.45) is -0.713. The quantitative estimate of drug-likeness (QED) is 0.851. The maximum absolute atomic E-state index is 12.6. The molecule has 1 fully saturated rings. The molecule has 1 saturated heterocycles. The van der Waals surface area contributed by atoms with Gasteiger partial charge in [-0.2, -0.15) is 13.2 Å². The first-order valence-corrected chi connectivity index (χ1v) is 8.19. The van der Waals surface area contributed by atoms with E-state index in [1.54, 1.807) is 6.20 Å². The molecule has 1 atom stereocenters. The fourth-order valence-corrected chi connectivity index (χ4v) is 2.94. The second kappa shape index (κ2) is 9.21. The zero-order chi connectivity index (χ0) is 17.7. The highest BCUT2D eigenvalue weighted by molar-refractivity contribution is 5.85. The van der Waals surface area contributed by atoms with Crippen molar-refractivity contribution in [3.8, 4) is 5.75 Å². The summed E-state index contributed by atoms with van der Waals surface area (Å²) >= 11 is 0. The smallest absolute Gasteiger partial charge is 0.416 e. The molecule has 8 heteroatoms. The molecule has 1 unspecified atom stereocenters. The average molecular weight is 388 g/mol. The molecule has 142 valence electrons. The molecular weight excluding hydrogens is 367 g/mol. The number of ether oxygens (including phenoxy) is 1. The first kappa shape index (κ1) is 20.5. The van der Waals surface area contributed by atoms with E-state index in [2.05, 4.69) is 15.2 Å². The van der Waals surface area contributed by atoms with Crippen LogP contribution in [0.15, 0.2) is 48.8 Å². The Morgan fingerprint density at radius 2 is 1.96 bits per heavy atom. The summed E-state index contributed by atoms with van der Waals surface area (Å²) in [5, 5.41) is 3.37. The average Bonchev–Trinajstić information content (AvgIpc) is 2.63. The van der Waals surface area contributed by atoms with Crippen molar-refractivity contribution in [2.45, 2.75) is 12.2 Å². The molecular formula is C18H21ClF3N3O. The van der Waals surface area contributed by atoms with Gasteiger partial charge in [-0.05, 0) is 35.9 Å². The summed E-state index contributed by atoms with van der Waals surface area (Å²) in [5.41, 5.74) is 0.475. The molecule has 4 nitrogen and oxygen atoms in total. The van der Waals surface area contributed by atoms with Gasteiger partial charge in [-0.1, -0.05) is 6.07 Å². The standard InChI is InChI=1S/C18H20F3N3O.ClH/c19-18(20,21)15-3-5-16(6-4-15)25-11-10-24-9-8-23-13-17(24)14-2-1-7-22-12-14;/h1-7,12,17,23H,8-11,13H2;1H. The largest absolute Gasteiger partial charge is 0.492 e. The van der Waals surface area contributed by atoms with Crippen molar-refractivity contribution in [1.29, 1.82) is 0 Å². The number of hydrogen-bond donors (Lipinski definition) is 1. The fourth-order valence-electron chi connectivity index (χ4n) is 2.94. The van der Waals surface area contributed by atoms with Gasteiger partial charge < -0.3 is 10.1 Å². The normalized spacial score (nSPS) is 18.2. The number of nitrogens with zero attached hydrogens (tertiary/aromatic N) is 2. The Labute approximate surface area is 156 Å². The second-order valence-corrected chi connectivity index (χ2v) is 5.91. The summed E-state index contributed by atoms with van der Waals surface area (Å²) in [6.45, 7) is 3.74. The minimum atomic E-state index is -4.32. The van der Waals surface area contributed by atoms with Gasteiger partial charge in [0, 0.05) is 44.6 Å². The third kappa shape index (κ3) is 5.33. The molecule has 0 radical (unpaired) electrons. The molecule has 2 heterocycles. The topological polar surface area (TPSA) is 37.4 Å². The van der Waals surface area contributed by atoms with Gasteiger partial charge in [-0.3, -0.25) is 9.88 Å². The molecule has 3 rings (SSSR count). The van der Waals surface area contributed by atoms with Crippen LogP contribution in [0.4, 0.5) is 13.2 Å². The number of piperazine rings is 1. The molecule has 0 saturated carbocycles. The van der Waals surface area contributed by atoms with Gasteiger partial charge in [0.05, 0.1) is 5.56 Å². The van der Waals surface area contributed by atoms with E-state index in [-0.39, 0.29) is 18.4 Å². The Hall–Kier alpha value is -1.83. The number of hydrogen-bond acceptors (Lipinski definition) is 4. The number of benzene rings is 1. The lowest BCUT2D eigenvalue weighted by molar-refractivity contribution is -0.137. The number of pyridine rings is 1. The highest BCUT2D eigenvalue weighted by Crippen LogP contribution is 2.30. The third-order valence-corrected chi connectivity index (χ3v) is 4.25. The van der Waals surface area contributed by atoms with Crippen molar-refractivity contribution in [2.24, 2.45) is 0 Å². The molecule has 26 heavy (non-hydrogen) atoms. The monoisotopic (exact) mass is 387 g/mol. The van der Waals surface area contributed by atoms with Gasteiger partial charge in [-0.15, -0.1) is 12.4 Å². The van der Waals surface area contributed by atoms with Crippen molar-refractivity contribution in [1.82, 2.24) is 15.2 Å². The van der Waals surface area contributed by atoms with Gasteiger partial charge in [0.15, 0.2) is 0 Å². The molecule has 1 aromatic heterocycles. The predicted octanol–water partition coefficient (Wildman–Crippen LogP) is 3.55. The van der Waals surface area contributed by atoms with E-state index in [0.717, 1.165) is 37.3 Å². The Balaban J connectivity index is 0.00000243. The molecule has 2 aromatic rings. The summed E-state index contributed by atoms with van der Waals surface area (Å²) in [6, 6.07) is 8.99. The molecule has 0 aliphatic carbocycles. The van der Waals surface area contributed by atoms with Crippen LogP contribution in [0.1, 0.15) is 17.2 Å². The lowest BCUT2D eigenvalue weighted by Crippen LogP contribution is -2.47. The van der Waals surface area contributed by atoms with Crippen LogP contribution in [0, 0.1) is 0 Å².